The number of hydrogen-bond acceptors (Lipinski definition) is 5. The number of nitrogens with one attached hydrogen (secondary N) is 1. The molecule has 2 aromatic heterocycles. The third kappa shape index (κ3) is 3.32. The van der Waals surface area contributed by atoms with E-state index in [4.69, 9.17) is 13.7 Å². The van der Waals surface area contributed by atoms with Crippen LogP contribution >= 0.6 is 0 Å². The Labute approximate surface area is 122 Å². The number of ether oxygens (including phenoxy) is 1. The third-order valence-corrected chi connectivity index (χ3v) is 3.01. The summed E-state index contributed by atoms with van der Waals surface area (Å²) in [7, 11) is 1.92. The van der Waals surface area contributed by atoms with Crippen LogP contribution < -0.4 is 10.1 Å². The lowest BCUT2D eigenvalue weighted by Gasteiger charge is -2.05. The van der Waals surface area contributed by atoms with Crippen LogP contribution in [0.1, 0.15) is 11.3 Å². The van der Waals surface area contributed by atoms with Crippen molar-refractivity contribution in [3.8, 4) is 17.3 Å². The van der Waals surface area contributed by atoms with E-state index in [1.54, 1.807) is 12.3 Å². The normalized spacial score (nSPS) is 10.7. The van der Waals surface area contributed by atoms with Crippen LogP contribution in [-0.4, -0.2) is 12.2 Å². The highest BCUT2D eigenvalue weighted by Gasteiger charge is 2.09. The molecule has 0 spiro atoms. The SMILES string of the molecule is CNCc1ccc(OCc2cc(-c3ccco3)on2)cc1. The first-order valence-electron chi connectivity index (χ1n) is 6.71. The van der Waals surface area contributed by atoms with Gasteiger partial charge in [-0.25, -0.2) is 0 Å². The first-order chi connectivity index (χ1) is 10.3. The van der Waals surface area contributed by atoms with E-state index in [1.807, 2.05) is 43.4 Å². The summed E-state index contributed by atoms with van der Waals surface area (Å²) in [5, 5.41) is 7.07. The van der Waals surface area contributed by atoms with Gasteiger partial charge in [-0.05, 0) is 36.9 Å². The third-order valence-electron chi connectivity index (χ3n) is 3.01. The minimum absolute atomic E-state index is 0.357. The van der Waals surface area contributed by atoms with E-state index in [1.165, 1.54) is 5.56 Å². The van der Waals surface area contributed by atoms with Crippen molar-refractivity contribution in [3.05, 3.63) is 60.0 Å². The number of hydrogen-bond donors (Lipinski definition) is 1. The van der Waals surface area contributed by atoms with Gasteiger partial charge in [0.25, 0.3) is 0 Å². The second-order valence-electron chi connectivity index (χ2n) is 4.62. The zero-order valence-corrected chi connectivity index (χ0v) is 11.7. The Hall–Kier alpha value is -2.53. The second kappa shape index (κ2) is 6.28. The van der Waals surface area contributed by atoms with E-state index in [2.05, 4.69) is 10.5 Å². The molecule has 108 valence electrons. The van der Waals surface area contributed by atoms with Crippen molar-refractivity contribution < 1.29 is 13.7 Å². The molecule has 0 unspecified atom stereocenters. The van der Waals surface area contributed by atoms with Gasteiger partial charge in [0.1, 0.15) is 18.1 Å². The fourth-order valence-electron chi connectivity index (χ4n) is 1.98. The lowest BCUT2D eigenvalue weighted by Crippen LogP contribution is -2.04. The van der Waals surface area contributed by atoms with Gasteiger partial charge in [0, 0.05) is 12.6 Å². The van der Waals surface area contributed by atoms with Crippen LogP contribution in [0.4, 0.5) is 0 Å². The van der Waals surface area contributed by atoms with Crippen LogP contribution in [0.25, 0.3) is 11.5 Å². The minimum Gasteiger partial charge on any atom is -0.487 e. The average molecular weight is 284 g/mol. The molecular formula is C16H16N2O3. The molecule has 0 aliphatic carbocycles. The summed E-state index contributed by atoms with van der Waals surface area (Å²) >= 11 is 0. The monoisotopic (exact) mass is 284 g/mol. The quantitative estimate of drug-likeness (QED) is 0.753. The maximum Gasteiger partial charge on any atom is 0.202 e. The van der Waals surface area contributed by atoms with Crippen LogP contribution in [0, 0.1) is 0 Å². The van der Waals surface area contributed by atoms with Crippen molar-refractivity contribution in [1.29, 1.82) is 0 Å². The molecule has 0 radical (unpaired) electrons. The molecule has 5 heteroatoms. The molecule has 0 amide bonds. The second-order valence-corrected chi connectivity index (χ2v) is 4.62. The van der Waals surface area contributed by atoms with Gasteiger partial charge >= 0.3 is 0 Å². The topological polar surface area (TPSA) is 60.4 Å². The lowest BCUT2D eigenvalue weighted by molar-refractivity contribution is 0.289. The number of nitrogens with zero attached hydrogens (tertiary/aromatic N) is 1. The lowest BCUT2D eigenvalue weighted by atomic mass is 10.2. The average Bonchev–Trinajstić information content (AvgIpc) is 3.18. The highest BCUT2D eigenvalue weighted by molar-refractivity contribution is 5.49. The van der Waals surface area contributed by atoms with Gasteiger partial charge in [-0.15, -0.1) is 0 Å². The van der Waals surface area contributed by atoms with Gasteiger partial charge in [0.15, 0.2) is 5.76 Å². The van der Waals surface area contributed by atoms with Crippen molar-refractivity contribution in [1.82, 2.24) is 10.5 Å². The zero-order valence-electron chi connectivity index (χ0n) is 11.7. The fraction of sp³-hybridized carbons (Fsp3) is 0.188. The summed E-state index contributed by atoms with van der Waals surface area (Å²) in [6, 6.07) is 13.4. The Kier molecular flexibility index (Phi) is 4.02. The number of rotatable bonds is 6. The van der Waals surface area contributed by atoms with Crippen molar-refractivity contribution in [2.45, 2.75) is 13.2 Å². The molecule has 0 saturated carbocycles. The molecule has 0 saturated heterocycles. The summed E-state index contributed by atoms with van der Waals surface area (Å²) in [5.74, 6) is 2.06. The highest BCUT2D eigenvalue weighted by atomic mass is 16.5. The van der Waals surface area contributed by atoms with Crippen LogP contribution in [-0.2, 0) is 13.2 Å². The molecule has 5 nitrogen and oxygen atoms in total. The Morgan fingerprint density at radius 3 is 2.71 bits per heavy atom. The standard InChI is InChI=1S/C16H16N2O3/c1-17-10-12-4-6-14(7-5-12)20-11-13-9-16(21-18-13)15-3-2-8-19-15/h2-9,17H,10-11H2,1H3. The Balaban J connectivity index is 1.60. The number of aromatic nitrogens is 1. The van der Waals surface area contributed by atoms with Gasteiger partial charge in [-0.1, -0.05) is 17.3 Å². The Morgan fingerprint density at radius 1 is 1.14 bits per heavy atom. The smallest absolute Gasteiger partial charge is 0.202 e. The van der Waals surface area contributed by atoms with Crippen molar-refractivity contribution in [2.24, 2.45) is 0 Å². The van der Waals surface area contributed by atoms with Gasteiger partial charge in [0.05, 0.1) is 6.26 Å². The van der Waals surface area contributed by atoms with Gasteiger partial charge in [-0.3, -0.25) is 0 Å². The van der Waals surface area contributed by atoms with Crippen molar-refractivity contribution in [3.63, 3.8) is 0 Å². The first-order valence-corrected chi connectivity index (χ1v) is 6.71. The van der Waals surface area contributed by atoms with E-state index >= 15 is 0 Å². The van der Waals surface area contributed by atoms with Gasteiger partial charge in [0.2, 0.25) is 5.76 Å². The molecule has 0 fully saturated rings. The maximum atomic E-state index is 5.68. The van der Waals surface area contributed by atoms with E-state index in [0.717, 1.165) is 18.0 Å². The van der Waals surface area contributed by atoms with Crippen LogP contribution in [0.15, 0.2) is 57.7 Å². The van der Waals surface area contributed by atoms with E-state index in [0.29, 0.717) is 18.1 Å². The molecule has 21 heavy (non-hydrogen) atoms. The molecule has 1 N–H and O–H groups in total. The largest absolute Gasteiger partial charge is 0.487 e. The highest BCUT2D eigenvalue weighted by Crippen LogP contribution is 2.21. The Morgan fingerprint density at radius 2 is 2.00 bits per heavy atom. The van der Waals surface area contributed by atoms with Gasteiger partial charge < -0.3 is 19.0 Å². The molecule has 2 heterocycles. The summed E-state index contributed by atoms with van der Waals surface area (Å²) in [5.41, 5.74) is 1.94. The zero-order chi connectivity index (χ0) is 14.5. The summed E-state index contributed by atoms with van der Waals surface area (Å²) in [6.07, 6.45) is 1.60. The number of furan rings is 1. The molecule has 0 aliphatic heterocycles. The van der Waals surface area contributed by atoms with Crippen LogP contribution in [0.2, 0.25) is 0 Å². The maximum absolute atomic E-state index is 5.68. The van der Waals surface area contributed by atoms with E-state index in [9.17, 15) is 0 Å². The summed E-state index contributed by atoms with van der Waals surface area (Å²) < 4.78 is 16.2. The molecule has 3 rings (SSSR count). The van der Waals surface area contributed by atoms with Crippen molar-refractivity contribution in [2.75, 3.05) is 7.05 Å². The predicted octanol–water partition coefficient (Wildman–Crippen LogP) is 3.23. The van der Waals surface area contributed by atoms with Crippen LogP contribution in [0.3, 0.4) is 0 Å². The summed E-state index contributed by atoms with van der Waals surface area (Å²) in [4.78, 5) is 0. The minimum atomic E-state index is 0.357. The summed E-state index contributed by atoms with van der Waals surface area (Å²) in [6.45, 7) is 1.20. The van der Waals surface area contributed by atoms with Gasteiger partial charge in [-0.2, -0.15) is 0 Å². The van der Waals surface area contributed by atoms with E-state index < -0.39 is 0 Å². The molecule has 3 aromatic rings. The Bertz CT molecular complexity index is 672. The molecular weight excluding hydrogens is 268 g/mol. The van der Waals surface area contributed by atoms with Crippen LogP contribution in [0.5, 0.6) is 5.75 Å². The molecule has 1 aromatic carbocycles. The van der Waals surface area contributed by atoms with E-state index in [-0.39, 0.29) is 0 Å². The van der Waals surface area contributed by atoms with Crippen molar-refractivity contribution >= 4 is 0 Å². The fourth-order valence-corrected chi connectivity index (χ4v) is 1.98. The first kappa shape index (κ1) is 13.5. The number of benzene rings is 1. The predicted molar refractivity (Wildman–Crippen MR) is 77.7 cm³/mol. The molecule has 0 atom stereocenters. The molecule has 0 bridgehead atoms. The molecule has 0 aliphatic rings.